The minimum Gasteiger partial charge on any atom is -0.356 e. The molecular weight excluding hydrogens is 441 g/mol. The van der Waals surface area contributed by atoms with E-state index in [1.165, 1.54) is 0 Å². The third-order valence-electron chi connectivity index (χ3n) is 4.72. The van der Waals surface area contributed by atoms with Gasteiger partial charge in [0.1, 0.15) is 0 Å². The zero-order valence-electron chi connectivity index (χ0n) is 15.2. The van der Waals surface area contributed by atoms with Crippen molar-refractivity contribution in [2.45, 2.75) is 13.8 Å². The molecule has 2 aromatic rings. The van der Waals surface area contributed by atoms with Crippen LogP contribution in [0, 0.1) is 3.57 Å². The fourth-order valence-corrected chi connectivity index (χ4v) is 3.76. The number of anilines is 2. The van der Waals surface area contributed by atoms with Gasteiger partial charge in [-0.05, 0) is 60.7 Å². The summed E-state index contributed by atoms with van der Waals surface area (Å²) in [6.07, 6.45) is 0. The van der Waals surface area contributed by atoms with E-state index >= 15 is 0 Å². The molecule has 1 amide bonds. The Labute approximate surface area is 168 Å². The molecule has 1 aromatic heterocycles. The van der Waals surface area contributed by atoms with Crippen LogP contribution in [0.2, 0.25) is 0 Å². The molecule has 1 aliphatic rings. The lowest BCUT2D eigenvalue weighted by Crippen LogP contribution is -2.49. The first-order valence-corrected chi connectivity index (χ1v) is 10.1. The van der Waals surface area contributed by atoms with Crippen molar-refractivity contribution >= 4 is 40.1 Å². The van der Waals surface area contributed by atoms with Crippen molar-refractivity contribution in [3.63, 3.8) is 0 Å². The van der Waals surface area contributed by atoms with Gasteiger partial charge in [0.05, 0.1) is 5.56 Å². The summed E-state index contributed by atoms with van der Waals surface area (Å²) >= 11 is 2.22. The van der Waals surface area contributed by atoms with Crippen molar-refractivity contribution in [2.75, 3.05) is 49.1 Å². The summed E-state index contributed by atoms with van der Waals surface area (Å²) in [6.45, 7) is 9.01. The molecule has 6 nitrogen and oxygen atoms in total. The topological polar surface area (TPSA) is 52.6 Å². The van der Waals surface area contributed by atoms with Crippen molar-refractivity contribution in [1.82, 2.24) is 15.1 Å². The van der Waals surface area contributed by atoms with Gasteiger partial charge in [-0.25, -0.2) is 0 Å². The van der Waals surface area contributed by atoms with E-state index in [-0.39, 0.29) is 5.91 Å². The fourth-order valence-electron chi connectivity index (χ4n) is 3.15. The Kier molecular flexibility index (Phi) is 6.29. The van der Waals surface area contributed by atoms with E-state index in [1.54, 1.807) is 0 Å². The molecule has 0 bridgehead atoms. The lowest BCUT2D eigenvalue weighted by Gasteiger charge is -2.35. The number of rotatable bonds is 5. The van der Waals surface area contributed by atoms with Gasteiger partial charge >= 0.3 is 0 Å². The highest BCUT2D eigenvalue weighted by Crippen LogP contribution is 2.19. The summed E-state index contributed by atoms with van der Waals surface area (Å²) in [5, 5.41) is 8.75. The van der Waals surface area contributed by atoms with E-state index in [1.807, 2.05) is 41.3 Å². The maximum atomic E-state index is 12.7. The molecule has 0 aliphatic carbocycles. The SMILES string of the molecule is CCN(CC)c1ccc(N2CCN(C(=O)c3ccccc3I)CC2)nn1. The Bertz CT molecular complexity index is 740. The average molecular weight is 465 g/mol. The van der Waals surface area contributed by atoms with Crippen molar-refractivity contribution in [1.29, 1.82) is 0 Å². The maximum Gasteiger partial charge on any atom is 0.255 e. The molecule has 0 atom stereocenters. The van der Waals surface area contributed by atoms with Crippen LogP contribution in [-0.2, 0) is 0 Å². The van der Waals surface area contributed by atoms with Crippen molar-refractivity contribution in [2.24, 2.45) is 0 Å². The molecule has 3 rings (SSSR count). The first kappa shape index (κ1) is 18.9. The van der Waals surface area contributed by atoms with E-state index < -0.39 is 0 Å². The number of nitrogens with zero attached hydrogens (tertiary/aromatic N) is 5. The van der Waals surface area contributed by atoms with Crippen LogP contribution >= 0.6 is 22.6 Å². The molecule has 1 fully saturated rings. The van der Waals surface area contributed by atoms with Crippen LogP contribution in [0.15, 0.2) is 36.4 Å². The molecule has 0 N–H and O–H groups in total. The Hall–Kier alpha value is -1.90. The Morgan fingerprint density at radius 2 is 1.73 bits per heavy atom. The van der Waals surface area contributed by atoms with Gasteiger partial charge in [-0.2, -0.15) is 0 Å². The average Bonchev–Trinajstić information content (AvgIpc) is 2.69. The van der Waals surface area contributed by atoms with Crippen LogP contribution in [0.3, 0.4) is 0 Å². The van der Waals surface area contributed by atoms with Crippen LogP contribution in [0.1, 0.15) is 24.2 Å². The van der Waals surface area contributed by atoms with Crippen LogP contribution in [0.25, 0.3) is 0 Å². The predicted molar refractivity (Wildman–Crippen MR) is 113 cm³/mol. The summed E-state index contributed by atoms with van der Waals surface area (Å²) in [7, 11) is 0. The van der Waals surface area contributed by atoms with E-state index in [0.29, 0.717) is 13.1 Å². The predicted octanol–water partition coefficient (Wildman–Crippen LogP) is 2.89. The molecular formula is C19H24IN5O. The first-order chi connectivity index (χ1) is 12.6. The van der Waals surface area contributed by atoms with Gasteiger partial charge in [0, 0.05) is 42.8 Å². The minimum absolute atomic E-state index is 0.109. The summed E-state index contributed by atoms with van der Waals surface area (Å²) < 4.78 is 0.996. The Balaban J connectivity index is 1.62. The van der Waals surface area contributed by atoms with E-state index in [4.69, 9.17) is 0 Å². The zero-order valence-corrected chi connectivity index (χ0v) is 17.4. The number of carbonyl (C=O) groups is 1. The molecule has 7 heteroatoms. The molecule has 0 radical (unpaired) electrons. The molecule has 138 valence electrons. The minimum atomic E-state index is 0.109. The number of hydrogen-bond donors (Lipinski definition) is 0. The molecule has 1 saturated heterocycles. The zero-order chi connectivity index (χ0) is 18.5. The van der Waals surface area contributed by atoms with Crippen LogP contribution < -0.4 is 9.80 Å². The monoisotopic (exact) mass is 465 g/mol. The molecule has 2 heterocycles. The van der Waals surface area contributed by atoms with Gasteiger partial charge < -0.3 is 14.7 Å². The van der Waals surface area contributed by atoms with Crippen LogP contribution in [-0.4, -0.2) is 60.3 Å². The third kappa shape index (κ3) is 4.08. The summed E-state index contributed by atoms with van der Waals surface area (Å²) in [5.41, 5.74) is 0.782. The number of benzene rings is 1. The quantitative estimate of drug-likeness (QED) is 0.636. The second-order valence-corrected chi connectivity index (χ2v) is 7.34. The van der Waals surface area contributed by atoms with Gasteiger partial charge in [0.25, 0.3) is 5.91 Å². The lowest BCUT2D eigenvalue weighted by atomic mass is 10.2. The van der Waals surface area contributed by atoms with Crippen molar-refractivity contribution in [3.05, 3.63) is 45.5 Å². The van der Waals surface area contributed by atoms with Gasteiger partial charge in [-0.15, -0.1) is 10.2 Å². The summed E-state index contributed by atoms with van der Waals surface area (Å²) in [6, 6.07) is 11.8. The third-order valence-corrected chi connectivity index (χ3v) is 5.66. The van der Waals surface area contributed by atoms with Gasteiger partial charge in [0.15, 0.2) is 11.6 Å². The smallest absolute Gasteiger partial charge is 0.255 e. The molecule has 26 heavy (non-hydrogen) atoms. The highest BCUT2D eigenvalue weighted by atomic mass is 127. The van der Waals surface area contributed by atoms with Gasteiger partial charge in [-0.3, -0.25) is 4.79 Å². The molecule has 0 unspecified atom stereocenters. The second kappa shape index (κ2) is 8.66. The highest BCUT2D eigenvalue weighted by Gasteiger charge is 2.24. The molecule has 0 saturated carbocycles. The van der Waals surface area contributed by atoms with E-state index in [9.17, 15) is 4.79 Å². The van der Waals surface area contributed by atoms with Crippen molar-refractivity contribution in [3.8, 4) is 0 Å². The normalized spacial score (nSPS) is 14.4. The Morgan fingerprint density at radius 1 is 1.04 bits per heavy atom. The van der Waals surface area contributed by atoms with Crippen molar-refractivity contribution < 1.29 is 4.79 Å². The lowest BCUT2D eigenvalue weighted by molar-refractivity contribution is 0.0745. The fraction of sp³-hybridized carbons (Fsp3) is 0.421. The highest BCUT2D eigenvalue weighted by molar-refractivity contribution is 14.1. The number of amides is 1. The first-order valence-electron chi connectivity index (χ1n) is 9.01. The number of piperazine rings is 1. The summed E-state index contributed by atoms with van der Waals surface area (Å²) in [4.78, 5) is 19.0. The second-order valence-electron chi connectivity index (χ2n) is 6.18. The van der Waals surface area contributed by atoms with Gasteiger partial charge in [0.2, 0.25) is 0 Å². The molecule has 1 aromatic carbocycles. The Morgan fingerprint density at radius 3 is 2.31 bits per heavy atom. The standard InChI is InChI=1S/C19H24IN5O/c1-3-23(4-2)17-9-10-18(22-21-17)24-11-13-25(14-12-24)19(26)15-7-5-6-8-16(15)20/h5-10H,3-4,11-14H2,1-2H3. The number of aromatic nitrogens is 2. The maximum absolute atomic E-state index is 12.7. The van der Waals surface area contributed by atoms with Crippen LogP contribution in [0.4, 0.5) is 11.6 Å². The van der Waals surface area contributed by atoms with Crippen LogP contribution in [0.5, 0.6) is 0 Å². The van der Waals surface area contributed by atoms with E-state index in [2.05, 4.69) is 56.4 Å². The number of carbonyl (C=O) groups excluding carboxylic acids is 1. The molecule has 0 spiro atoms. The number of hydrogen-bond acceptors (Lipinski definition) is 5. The summed E-state index contributed by atoms with van der Waals surface area (Å²) in [5.74, 6) is 1.89. The van der Waals surface area contributed by atoms with Gasteiger partial charge in [-0.1, -0.05) is 12.1 Å². The largest absolute Gasteiger partial charge is 0.356 e. The molecule has 1 aliphatic heterocycles. The number of halogens is 1. The van der Waals surface area contributed by atoms with E-state index in [0.717, 1.165) is 46.9 Å².